The van der Waals surface area contributed by atoms with Crippen molar-refractivity contribution in [1.82, 2.24) is 9.88 Å². The Hall–Kier alpha value is -2.33. The van der Waals surface area contributed by atoms with Crippen molar-refractivity contribution in [2.24, 2.45) is 17.6 Å². The number of hydrogen-bond acceptors (Lipinski definition) is 4. The predicted molar refractivity (Wildman–Crippen MR) is 177 cm³/mol. The van der Waals surface area contributed by atoms with Gasteiger partial charge in [-0.15, -0.1) is 0 Å². The Bertz CT molecular complexity index is 994. The minimum Gasteiger partial charge on any atom is -0.371 e. The van der Waals surface area contributed by atoms with Gasteiger partial charge in [0.05, 0.1) is 0 Å². The maximum absolute atomic E-state index is 6.04. The first-order valence-electron chi connectivity index (χ1n) is 16.2. The molecule has 0 saturated carbocycles. The zero-order chi connectivity index (χ0) is 29.7. The van der Waals surface area contributed by atoms with Crippen molar-refractivity contribution >= 4 is 11.4 Å². The van der Waals surface area contributed by atoms with E-state index < -0.39 is 0 Å². The molecule has 224 valence electrons. The van der Waals surface area contributed by atoms with Crippen LogP contribution in [0.4, 0.5) is 5.69 Å². The summed E-state index contributed by atoms with van der Waals surface area (Å²) in [5, 5.41) is 0. The quantitative estimate of drug-likeness (QED) is 0.357. The predicted octanol–water partition coefficient (Wildman–Crippen LogP) is 9.05. The second kappa shape index (κ2) is 17.5. The molecule has 4 heteroatoms. The van der Waals surface area contributed by atoms with Gasteiger partial charge in [-0.1, -0.05) is 79.5 Å². The fourth-order valence-electron chi connectivity index (χ4n) is 6.33. The van der Waals surface area contributed by atoms with Gasteiger partial charge < -0.3 is 15.5 Å². The van der Waals surface area contributed by atoms with Crippen molar-refractivity contribution < 1.29 is 0 Å². The lowest BCUT2D eigenvalue weighted by Gasteiger charge is -2.48. The van der Waals surface area contributed by atoms with Crippen LogP contribution >= 0.6 is 0 Å². The van der Waals surface area contributed by atoms with E-state index in [0.717, 1.165) is 30.5 Å². The molecule has 1 aromatic carbocycles. The summed E-state index contributed by atoms with van der Waals surface area (Å²) in [4.78, 5) is 9.43. The molecule has 0 radical (unpaired) electrons. The Balaban J connectivity index is 0.000000256. The van der Waals surface area contributed by atoms with E-state index in [0.29, 0.717) is 18.0 Å². The van der Waals surface area contributed by atoms with E-state index >= 15 is 0 Å². The van der Waals surface area contributed by atoms with Crippen LogP contribution in [0, 0.1) is 18.8 Å². The lowest BCUT2D eigenvalue weighted by molar-refractivity contribution is 0.188. The number of aryl methyl sites for hydroxylation is 1. The van der Waals surface area contributed by atoms with Crippen LogP contribution in [0.5, 0.6) is 0 Å². The molecule has 4 nitrogen and oxygen atoms in total. The van der Waals surface area contributed by atoms with Gasteiger partial charge in [0.2, 0.25) is 0 Å². The van der Waals surface area contributed by atoms with Crippen LogP contribution in [0.15, 0.2) is 48.7 Å². The van der Waals surface area contributed by atoms with Gasteiger partial charge in [-0.05, 0) is 87.1 Å². The average Bonchev–Trinajstić information content (AvgIpc) is 2.95. The molecule has 1 aromatic heterocycles. The Morgan fingerprint density at radius 1 is 0.975 bits per heavy atom. The molecule has 3 heterocycles. The lowest BCUT2D eigenvalue weighted by Crippen LogP contribution is -2.64. The van der Waals surface area contributed by atoms with E-state index in [1.807, 2.05) is 12.3 Å². The van der Waals surface area contributed by atoms with E-state index in [2.05, 4.69) is 114 Å². The topological polar surface area (TPSA) is 45.4 Å². The number of nitrogens with zero attached hydrogens (tertiary/aromatic N) is 3. The smallest absolute Gasteiger partial charge is 0.0465 e. The number of piperidine rings is 1. The van der Waals surface area contributed by atoms with E-state index in [4.69, 9.17) is 5.73 Å². The van der Waals surface area contributed by atoms with Gasteiger partial charge >= 0.3 is 0 Å². The molecule has 0 spiro atoms. The molecule has 4 rings (SSSR count). The Morgan fingerprint density at radius 2 is 1.62 bits per heavy atom. The summed E-state index contributed by atoms with van der Waals surface area (Å²) in [6.07, 6.45) is 11.6. The first-order chi connectivity index (χ1) is 19.3. The second-order valence-electron chi connectivity index (χ2n) is 11.9. The summed E-state index contributed by atoms with van der Waals surface area (Å²) in [5.41, 5.74) is 12.6. The molecule has 4 atom stereocenters. The first kappa shape index (κ1) is 33.9. The lowest BCUT2D eigenvalue weighted by atomic mass is 9.88. The fourth-order valence-corrected chi connectivity index (χ4v) is 6.33. The number of aromatic nitrogens is 1. The number of hydrogen-bond donors (Lipinski definition) is 1. The van der Waals surface area contributed by atoms with Crippen LogP contribution in [-0.4, -0.2) is 41.6 Å². The van der Waals surface area contributed by atoms with Crippen LogP contribution in [-0.2, 0) is 0 Å². The summed E-state index contributed by atoms with van der Waals surface area (Å²) >= 11 is 0. The number of pyridine rings is 1. The average molecular weight is 549 g/mol. The van der Waals surface area contributed by atoms with Crippen molar-refractivity contribution in [2.45, 2.75) is 119 Å². The van der Waals surface area contributed by atoms with Crippen molar-refractivity contribution in [3.05, 3.63) is 65.5 Å². The maximum Gasteiger partial charge on any atom is 0.0465 e. The fraction of sp³-hybridized carbons (Fsp3) is 0.639. The minimum atomic E-state index is 0.355. The summed E-state index contributed by atoms with van der Waals surface area (Å²) in [6.45, 7) is 23.3. The highest BCUT2D eigenvalue weighted by Crippen LogP contribution is 2.32. The summed E-state index contributed by atoms with van der Waals surface area (Å²) in [7, 11) is 0. The van der Waals surface area contributed by atoms with Gasteiger partial charge in [0, 0.05) is 60.6 Å². The Morgan fingerprint density at radius 3 is 2.12 bits per heavy atom. The number of benzene rings is 1. The van der Waals surface area contributed by atoms with Gasteiger partial charge in [0.1, 0.15) is 0 Å². The Labute approximate surface area is 247 Å². The minimum absolute atomic E-state index is 0.355. The van der Waals surface area contributed by atoms with Gasteiger partial charge in [-0.25, -0.2) is 0 Å². The first-order valence-corrected chi connectivity index (χ1v) is 16.2. The Kier molecular flexibility index (Phi) is 14.8. The molecule has 2 saturated heterocycles. The van der Waals surface area contributed by atoms with Crippen LogP contribution in [0.25, 0.3) is 5.70 Å². The molecule has 0 amide bonds. The maximum atomic E-state index is 6.04. The highest BCUT2D eigenvalue weighted by atomic mass is 15.3. The molecule has 2 aliphatic heterocycles. The normalized spacial score (nSPS) is 22.6. The number of rotatable bonds is 8. The van der Waals surface area contributed by atoms with Crippen LogP contribution in [0.3, 0.4) is 0 Å². The van der Waals surface area contributed by atoms with Crippen LogP contribution in [0.1, 0.15) is 117 Å². The highest BCUT2D eigenvalue weighted by molar-refractivity contribution is 5.65. The molecule has 2 aromatic rings. The zero-order valence-corrected chi connectivity index (χ0v) is 27.3. The molecule has 0 bridgehead atoms. The third-order valence-electron chi connectivity index (χ3n) is 8.62. The van der Waals surface area contributed by atoms with Crippen molar-refractivity contribution in [1.29, 1.82) is 0 Å². The third kappa shape index (κ3) is 9.09. The van der Waals surface area contributed by atoms with Gasteiger partial charge in [0.25, 0.3) is 0 Å². The van der Waals surface area contributed by atoms with Gasteiger partial charge in [0.15, 0.2) is 0 Å². The summed E-state index contributed by atoms with van der Waals surface area (Å²) in [5.74, 6) is 2.32. The van der Waals surface area contributed by atoms with Crippen molar-refractivity contribution in [3.8, 4) is 0 Å². The number of anilines is 1. The largest absolute Gasteiger partial charge is 0.371 e. The van der Waals surface area contributed by atoms with Crippen LogP contribution < -0.4 is 10.6 Å². The summed E-state index contributed by atoms with van der Waals surface area (Å²) in [6, 6.07) is 14.2. The number of likely N-dealkylation sites (tertiary alicyclic amines) is 1. The number of nitrogens with two attached hydrogens (primary N) is 1. The molecule has 2 N–H and O–H groups in total. The molecular weight excluding hydrogens is 488 g/mol. The van der Waals surface area contributed by atoms with Crippen molar-refractivity contribution in [2.75, 3.05) is 24.5 Å². The standard InChI is InChI=1S/C17H26N2.C16H26N2.C3H8/c1-5-15-10-13(3)11-19(12-15)17(6-2)16-8-7-9-18-14(16)4;1-4-12(5-2)13-7-9-14(10-8-13)18-11-15(17)16(18)6-3;1-3-2/h6-9,13,15H,5,10-12H2,1-4H3;7-10,12,15-16H,4-6,11,17H2,1-3H3;3H2,1-2H3/b17-6+;;. The molecule has 2 aliphatic rings. The van der Waals surface area contributed by atoms with E-state index in [-0.39, 0.29) is 0 Å². The number of allylic oxidation sites excluding steroid dienone is 1. The SMILES string of the molecule is C/C=C(\c1cccnc1C)N1CC(C)CC(CC)C1.CCC.CCC(CC)c1ccc(N2CC(N)C2CC)cc1. The monoisotopic (exact) mass is 548 g/mol. The van der Waals surface area contributed by atoms with E-state index in [9.17, 15) is 0 Å². The highest BCUT2D eigenvalue weighted by Gasteiger charge is 2.34. The molecule has 40 heavy (non-hydrogen) atoms. The van der Waals surface area contributed by atoms with E-state index in [1.54, 1.807) is 0 Å². The van der Waals surface area contributed by atoms with Crippen molar-refractivity contribution in [3.63, 3.8) is 0 Å². The molecule has 0 aliphatic carbocycles. The molecule has 4 unspecified atom stereocenters. The molecular formula is C36H60N4. The second-order valence-corrected chi connectivity index (χ2v) is 11.9. The third-order valence-corrected chi connectivity index (χ3v) is 8.62. The van der Waals surface area contributed by atoms with E-state index in [1.165, 1.54) is 67.7 Å². The van der Waals surface area contributed by atoms with Gasteiger partial charge in [-0.3, -0.25) is 4.98 Å². The van der Waals surface area contributed by atoms with Crippen LogP contribution in [0.2, 0.25) is 0 Å². The zero-order valence-electron chi connectivity index (χ0n) is 27.3. The van der Waals surface area contributed by atoms with Gasteiger partial charge in [-0.2, -0.15) is 0 Å². The molecule has 2 fully saturated rings. The summed E-state index contributed by atoms with van der Waals surface area (Å²) < 4.78 is 0.